The molecule has 0 bridgehead atoms. The van der Waals surface area contributed by atoms with Crippen molar-refractivity contribution in [1.29, 1.82) is 0 Å². The minimum absolute atomic E-state index is 0.0206. The number of carbonyl (C=O) groups is 2. The van der Waals surface area contributed by atoms with Crippen molar-refractivity contribution in [2.75, 3.05) is 0 Å². The molecule has 1 N–H and O–H groups in total. The van der Waals surface area contributed by atoms with Crippen molar-refractivity contribution < 1.29 is 19.4 Å². The number of Topliss-reactive ketones (excluding diaryl/α,β-unsaturated/α-hetero) is 1. The van der Waals surface area contributed by atoms with Crippen LogP contribution in [-0.4, -0.2) is 29.1 Å². The van der Waals surface area contributed by atoms with Gasteiger partial charge in [0.2, 0.25) is 0 Å². The molecule has 1 fully saturated rings. The molecule has 102 valence electrons. The van der Waals surface area contributed by atoms with Crippen LogP contribution in [0.1, 0.15) is 26.7 Å². The summed E-state index contributed by atoms with van der Waals surface area (Å²) in [7, 11) is 0. The first-order chi connectivity index (χ1) is 8.90. The van der Waals surface area contributed by atoms with E-state index in [-0.39, 0.29) is 11.4 Å². The molecule has 1 saturated heterocycles. The van der Waals surface area contributed by atoms with E-state index in [1.54, 1.807) is 6.92 Å². The highest BCUT2D eigenvalue weighted by atomic mass is 16.6. The molecule has 1 aliphatic heterocycles. The van der Waals surface area contributed by atoms with Crippen LogP contribution in [0.25, 0.3) is 0 Å². The fourth-order valence-corrected chi connectivity index (χ4v) is 2.52. The number of fused-ring (bicyclic) bond motifs is 1. The molecule has 0 spiro atoms. The molecule has 3 atom stereocenters. The number of ether oxygens (including phenoxy) is 1. The highest BCUT2D eigenvalue weighted by molar-refractivity contribution is 5.96. The van der Waals surface area contributed by atoms with E-state index in [0.29, 0.717) is 18.4 Å². The maximum Gasteiger partial charge on any atom is 0.334 e. The van der Waals surface area contributed by atoms with Gasteiger partial charge < -0.3 is 9.84 Å². The summed E-state index contributed by atoms with van der Waals surface area (Å²) in [6.45, 7) is 7.26. The van der Waals surface area contributed by atoms with Crippen molar-refractivity contribution in [3.8, 4) is 0 Å². The fraction of sp³-hybridized carbons (Fsp3) is 0.467. The summed E-state index contributed by atoms with van der Waals surface area (Å²) in [5, 5.41) is 10.2. The van der Waals surface area contributed by atoms with Crippen LogP contribution in [0.4, 0.5) is 0 Å². The molecule has 0 aromatic rings. The maximum atomic E-state index is 11.8. The molecule has 1 heterocycles. The van der Waals surface area contributed by atoms with Gasteiger partial charge in [0.15, 0.2) is 5.78 Å². The zero-order valence-electron chi connectivity index (χ0n) is 11.2. The molecule has 19 heavy (non-hydrogen) atoms. The van der Waals surface area contributed by atoms with Crippen molar-refractivity contribution >= 4 is 11.8 Å². The molecule has 0 saturated carbocycles. The van der Waals surface area contributed by atoms with Gasteiger partial charge >= 0.3 is 5.97 Å². The van der Waals surface area contributed by atoms with E-state index in [4.69, 9.17) is 4.74 Å². The molecule has 0 aromatic carbocycles. The van der Waals surface area contributed by atoms with Crippen LogP contribution in [0.3, 0.4) is 0 Å². The molecule has 3 unspecified atom stereocenters. The zero-order chi connectivity index (χ0) is 14.2. The topological polar surface area (TPSA) is 63.6 Å². The number of aliphatic hydroxyl groups excluding tert-OH is 1. The quantitative estimate of drug-likeness (QED) is 0.410. The average molecular weight is 262 g/mol. The number of aliphatic hydroxyl groups is 1. The van der Waals surface area contributed by atoms with Crippen LogP contribution in [0.15, 0.2) is 35.5 Å². The van der Waals surface area contributed by atoms with Gasteiger partial charge in [0, 0.05) is 18.4 Å². The molecule has 1 aliphatic carbocycles. The van der Waals surface area contributed by atoms with E-state index < -0.39 is 24.1 Å². The van der Waals surface area contributed by atoms with Crippen molar-refractivity contribution in [1.82, 2.24) is 0 Å². The Balaban J connectivity index is 2.39. The van der Waals surface area contributed by atoms with Crippen molar-refractivity contribution in [2.24, 2.45) is 5.92 Å². The Morgan fingerprint density at radius 1 is 1.37 bits per heavy atom. The van der Waals surface area contributed by atoms with Gasteiger partial charge in [-0.3, -0.25) is 4.79 Å². The Hall–Kier alpha value is -1.68. The van der Waals surface area contributed by atoms with Gasteiger partial charge in [-0.25, -0.2) is 4.79 Å². The Morgan fingerprint density at radius 3 is 2.74 bits per heavy atom. The standard InChI is InChI=1S/C15H18O4/c1-8-4-5-11(16)9(2)7-12(17)14-10(3)15(18)19-13(14)6-8/h4,7,12-14,17H,3,5-6H2,1-2H3. The van der Waals surface area contributed by atoms with Crippen molar-refractivity contribution in [2.45, 2.75) is 38.9 Å². The van der Waals surface area contributed by atoms with Crippen molar-refractivity contribution in [3.05, 3.63) is 35.5 Å². The van der Waals surface area contributed by atoms with Crippen LogP contribution in [0.5, 0.6) is 0 Å². The van der Waals surface area contributed by atoms with E-state index in [2.05, 4.69) is 6.58 Å². The smallest absolute Gasteiger partial charge is 0.334 e. The van der Waals surface area contributed by atoms with Gasteiger partial charge in [0.05, 0.1) is 12.0 Å². The Bertz CT molecular complexity index is 498. The van der Waals surface area contributed by atoms with Gasteiger partial charge in [-0.05, 0) is 25.5 Å². The highest BCUT2D eigenvalue weighted by Gasteiger charge is 2.42. The second-order valence-corrected chi connectivity index (χ2v) is 5.22. The lowest BCUT2D eigenvalue weighted by atomic mass is 9.86. The SMILES string of the molecule is C=C1C(=O)OC2CC(C)=CCC(=O)C(C)=CC(O)C12. The maximum absolute atomic E-state index is 11.8. The minimum atomic E-state index is -0.918. The number of esters is 1. The second-order valence-electron chi connectivity index (χ2n) is 5.22. The van der Waals surface area contributed by atoms with E-state index in [9.17, 15) is 14.7 Å². The lowest BCUT2D eigenvalue weighted by molar-refractivity contribution is -0.139. The minimum Gasteiger partial charge on any atom is -0.458 e. The van der Waals surface area contributed by atoms with Gasteiger partial charge in [0.1, 0.15) is 6.10 Å². The first-order valence-corrected chi connectivity index (χ1v) is 6.35. The molecule has 4 nitrogen and oxygen atoms in total. The van der Waals surface area contributed by atoms with E-state index in [1.165, 1.54) is 6.08 Å². The fourth-order valence-electron chi connectivity index (χ4n) is 2.52. The van der Waals surface area contributed by atoms with Crippen LogP contribution >= 0.6 is 0 Å². The van der Waals surface area contributed by atoms with Crippen LogP contribution < -0.4 is 0 Å². The molecule has 0 aromatic heterocycles. The number of hydrogen-bond donors (Lipinski definition) is 1. The second kappa shape index (κ2) is 5.13. The number of allylic oxidation sites excluding steroid dienone is 2. The summed E-state index contributed by atoms with van der Waals surface area (Å²) in [6, 6.07) is 0. The first-order valence-electron chi connectivity index (χ1n) is 6.35. The molecule has 4 heteroatoms. The molecular weight excluding hydrogens is 244 g/mol. The van der Waals surface area contributed by atoms with Crippen molar-refractivity contribution in [3.63, 3.8) is 0 Å². The number of rotatable bonds is 0. The van der Waals surface area contributed by atoms with Gasteiger partial charge in [-0.15, -0.1) is 0 Å². The lowest BCUT2D eigenvalue weighted by Crippen LogP contribution is -2.29. The Morgan fingerprint density at radius 2 is 2.05 bits per heavy atom. The highest BCUT2D eigenvalue weighted by Crippen LogP contribution is 2.34. The number of ketones is 1. The largest absolute Gasteiger partial charge is 0.458 e. The van der Waals surface area contributed by atoms with E-state index >= 15 is 0 Å². The molecule has 0 radical (unpaired) electrons. The molecule has 0 amide bonds. The summed E-state index contributed by atoms with van der Waals surface area (Å²) in [4.78, 5) is 23.4. The number of carbonyl (C=O) groups excluding carboxylic acids is 2. The van der Waals surface area contributed by atoms with Gasteiger partial charge in [-0.1, -0.05) is 18.2 Å². The summed E-state index contributed by atoms with van der Waals surface area (Å²) < 4.78 is 5.26. The molecular formula is C15H18O4. The van der Waals surface area contributed by atoms with E-state index in [1.807, 2.05) is 13.0 Å². The predicted molar refractivity (Wildman–Crippen MR) is 70.3 cm³/mol. The van der Waals surface area contributed by atoms with E-state index in [0.717, 1.165) is 5.57 Å². The Kier molecular flexibility index (Phi) is 3.71. The molecule has 2 rings (SSSR count). The predicted octanol–water partition coefficient (Wildman–Crippen LogP) is 1.70. The summed E-state index contributed by atoms with van der Waals surface area (Å²) in [5.74, 6) is -0.956. The van der Waals surface area contributed by atoms with Crippen LogP contribution in [0, 0.1) is 5.92 Å². The molecule has 2 aliphatic rings. The lowest BCUT2D eigenvalue weighted by Gasteiger charge is -2.22. The number of hydrogen-bond acceptors (Lipinski definition) is 4. The average Bonchev–Trinajstić information content (AvgIpc) is 2.60. The first kappa shape index (κ1) is 13.7. The third-order valence-electron chi connectivity index (χ3n) is 3.71. The summed E-state index contributed by atoms with van der Waals surface area (Å²) >= 11 is 0. The van der Waals surface area contributed by atoms with Gasteiger partial charge in [0.25, 0.3) is 0 Å². The van der Waals surface area contributed by atoms with Crippen LogP contribution in [0.2, 0.25) is 0 Å². The summed E-state index contributed by atoms with van der Waals surface area (Å²) in [6.07, 6.45) is 2.87. The summed E-state index contributed by atoms with van der Waals surface area (Å²) in [5.41, 5.74) is 1.76. The third kappa shape index (κ3) is 2.68. The normalized spacial score (nSPS) is 32.4. The van der Waals surface area contributed by atoms with Crippen LogP contribution in [-0.2, 0) is 14.3 Å². The zero-order valence-corrected chi connectivity index (χ0v) is 11.2. The monoisotopic (exact) mass is 262 g/mol. The Labute approximate surface area is 112 Å². The third-order valence-corrected chi connectivity index (χ3v) is 3.71. The van der Waals surface area contributed by atoms with Gasteiger partial charge in [-0.2, -0.15) is 0 Å².